The van der Waals surface area contributed by atoms with E-state index in [0.717, 1.165) is 55.0 Å². The molecule has 0 amide bonds. The van der Waals surface area contributed by atoms with Gasteiger partial charge in [0.1, 0.15) is 22.3 Å². The third-order valence-corrected chi connectivity index (χ3v) is 8.28. The molecule has 9 rings (SSSR count). The Labute approximate surface area is 229 Å². The highest BCUT2D eigenvalue weighted by molar-refractivity contribution is 6.26. The first-order valence-corrected chi connectivity index (χ1v) is 13.6. The number of hydrogen-bond acceptors (Lipinski definition) is 2. The third-order valence-electron chi connectivity index (χ3n) is 8.28. The molecule has 9 aromatic rings. The Kier molecular flexibility index (Phi) is 4.36. The smallest absolute Gasteiger partial charge is 0.143 e. The van der Waals surface area contributed by atoms with Crippen LogP contribution in [0.1, 0.15) is 0 Å². The molecule has 186 valence electrons. The zero-order valence-corrected chi connectivity index (χ0v) is 21.5. The first kappa shape index (κ1) is 21.6. The average molecular weight is 511 g/mol. The Balaban J connectivity index is 1.46. The maximum Gasteiger partial charge on any atom is 0.143 e. The number of benzene rings is 7. The van der Waals surface area contributed by atoms with E-state index in [1.807, 2.05) is 24.3 Å². The van der Waals surface area contributed by atoms with Gasteiger partial charge in [0.2, 0.25) is 0 Å². The first-order valence-electron chi connectivity index (χ1n) is 13.6. The second kappa shape index (κ2) is 8.08. The van der Waals surface area contributed by atoms with Crippen LogP contribution in [0, 0.1) is 0 Å². The van der Waals surface area contributed by atoms with E-state index in [-0.39, 0.29) is 0 Å². The van der Waals surface area contributed by atoms with Crippen LogP contribution in [0.25, 0.3) is 87.7 Å². The van der Waals surface area contributed by atoms with E-state index in [9.17, 15) is 0 Å². The molecule has 2 aromatic heterocycles. The lowest BCUT2D eigenvalue weighted by atomic mass is 9.85. The largest absolute Gasteiger partial charge is 0.455 e. The summed E-state index contributed by atoms with van der Waals surface area (Å²) in [6.07, 6.45) is 0. The molecular formula is C38H22O2. The van der Waals surface area contributed by atoms with Gasteiger partial charge in [0.15, 0.2) is 0 Å². The van der Waals surface area contributed by atoms with Gasteiger partial charge in [-0.15, -0.1) is 0 Å². The Morgan fingerprint density at radius 2 is 0.600 bits per heavy atom. The number of hydrogen-bond donors (Lipinski definition) is 0. The van der Waals surface area contributed by atoms with Crippen molar-refractivity contribution in [1.29, 1.82) is 0 Å². The van der Waals surface area contributed by atoms with E-state index in [1.165, 1.54) is 32.7 Å². The summed E-state index contributed by atoms with van der Waals surface area (Å²) in [5, 5.41) is 9.32. The zero-order valence-electron chi connectivity index (χ0n) is 21.5. The van der Waals surface area contributed by atoms with Gasteiger partial charge in [-0.25, -0.2) is 0 Å². The fourth-order valence-electron chi connectivity index (χ4n) is 6.60. The second-order valence-electron chi connectivity index (χ2n) is 10.4. The summed E-state index contributed by atoms with van der Waals surface area (Å²) >= 11 is 0. The molecule has 2 heteroatoms. The first-order chi connectivity index (χ1) is 19.9. The van der Waals surface area contributed by atoms with E-state index >= 15 is 0 Å². The molecular weight excluding hydrogens is 488 g/mol. The van der Waals surface area contributed by atoms with Crippen LogP contribution in [0.3, 0.4) is 0 Å². The monoisotopic (exact) mass is 510 g/mol. The molecule has 0 unspecified atom stereocenters. The summed E-state index contributed by atoms with van der Waals surface area (Å²) in [6, 6.07) is 47.0. The lowest BCUT2D eigenvalue weighted by Crippen LogP contribution is -1.91. The molecule has 2 nitrogen and oxygen atoms in total. The van der Waals surface area contributed by atoms with Crippen LogP contribution >= 0.6 is 0 Å². The number of fused-ring (bicyclic) bond motifs is 8. The molecule has 0 radical (unpaired) electrons. The van der Waals surface area contributed by atoms with Crippen molar-refractivity contribution in [2.45, 2.75) is 0 Å². The summed E-state index contributed by atoms with van der Waals surface area (Å²) in [7, 11) is 0. The van der Waals surface area contributed by atoms with Crippen molar-refractivity contribution in [2.24, 2.45) is 0 Å². The molecule has 0 atom stereocenters. The van der Waals surface area contributed by atoms with Gasteiger partial charge < -0.3 is 8.83 Å². The normalized spacial score (nSPS) is 12.0. The molecule has 0 N–H and O–H groups in total. The van der Waals surface area contributed by atoms with Crippen molar-refractivity contribution in [3.63, 3.8) is 0 Å². The topological polar surface area (TPSA) is 26.3 Å². The van der Waals surface area contributed by atoms with Crippen molar-refractivity contribution >= 4 is 65.4 Å². The molecule has 0 saturated heterocycles. The molecule has 0 spiro atoms. The average Bonchev–Trinajstić information content (AvgIpc) is 3.59. The maximum atomic E-state index is 6.53. The highest BCUT2D eigenvalue weighted by atomic mass is 16.3. The van der Waals surface area contributed by atoms with Gasteiger partial charge in [-0.2, -0.15) is 0 Å². The molecule has 40 heavy (non-hydrogen) atoms. The summed E-state index contributed by atoms with van der Waals surface area (Å²) in [6.45, 7) is 0. The van der Waals surface area contributed by atoms with Crippen molar-refractivity contribution in [3.8, 4) is 22.3 Å². The lowest BCUT2D eigenvalue weighted by molar-refractivity contribution is 0.669. The standard InChI is InChI=1S/C38H22O2/c1-2-14-26-25(13-1)35(31-19-9-17-29-23-11-5-7-21-33(23)39-37(29)31)27-15-3-4-16-28(27)36(26)32-20-10-18-30-24-12-6-8-22-34(24)40-38(30)32/h1-22H. The summed E-state index contributed by atoms with van der Waals surface area (Å²) in [5.74, 6) is 0. The van der Waals surface area contributed by atoms with Crippen LogP contribution < -0.4 is 0 Å². The lowest BCUT2D eigenvalue weighted by Gasteiger charge is -2.18. The Morgan fingerprint density at radius 3 is 1.00 bits per heavy atom. The number of rotatable bonds is 2. The Hall–Kier alpha value is -5.34. The second-order valence-corrected chi connectivity index (χ2v) is 10.4. The minimum absolute atomic E-state index is 0.909. The van der Waals surface area contributed by atoms with Crippen LogP contribution in [-0.4, -0.2) is 0 Å². The number of furan rings is 2. The van der Waals surface area contributed by atoms with E-state index < -0.39 is 0 Å². The van der Waals surface area contributed by atoms with Gasteiger partial charge in [0.25, 0.3) is 0 Å². The van der Waals surface area contributed by atoms with Gasteiger partial charge in [0, 0.05) is 43.8 Å². The van der Waals surface area contributed by atoms with Crippen LogP contribution in [-0.2, 0) is 0 Å². The SMILES string of the molecule is c1ccc2c(c1)oc1c(-c3c4ccccc4c(-c4cccc5c4oc4ccccc45)c4ccccc34)cccc12. The highest BCUT2D eigenvalue weighted by Gasteiger charge is 2.22. The van der Waals surface area contributed by atoms with E-state index in [4.69, 9.17) is 8.83 Å². The quantitative estimate of drug-likeness (QED) is 0.216. The van der Waals surface area contributed by atoms with Crippen LogP contribution in [0.5, 0.6) is 0 Å². The van der Waals surface area contributed by atoms with Gasteiger partial charge in [0.05, 0.1) is 0 Å². The molecule has 0 aliphatic rings. The van der Waals surface area contributed by atoms with E-state index in [1.54, 1.807) is 0 Å². The van der Waals surface area contributed by atoms with Gasteiger partial charge in [-0.1, -0.05) is 121 Å². The van der Waals surface area contributed by atoms with Gasteiger partial charge in [-0.3, -0.25) is 0 Å². The van der Waals surface area contributed by atoms with Crippen LogP contribution in [0.15, 0.2) is 142 Å². The molecule has 0 fully saturated rings. The number of para-hydroxylation sites is 4. The Morgan fingerprint density at radius 1 is 0.275 bits per heavy atom. The minimum Gasteiger partial charge on any atom is -0.455 e. The molecule has 0 aliphatic heterocycles. The highest BCUT2D eigenvalue weighted by Crippen LogP contribution is 2.48. The van der Waals surface area contributed by atoms with Gasteiger partial charge in [-0.05, 0) is 33.7 Å². The Bertz CT molecular complexity index is 2210. The van der Waals surface area contributed by atoms with Gasteiger partial charge >= 0.3 is 0 Å². The molecule has 0 saturated carbocycles. The van der Waals surface area contributed by atoms with E-state index in [2.05, 4.69) is 109 Å². The molecule has 0 aliphatic carbocycles. The van der Waals surface area contributed by atoms with Crippen LogP contribution in [0.4, 0.5) is 0 Å². The van der Waals surface area contributed by atoms with Crippen molar-refractivity contribution in [3.05, 3.63) is 133 Å². The fourth-order valence-corrected chi connectivity index (χ4v) is 6.60. The predicted octanol–water partition coefficient (Wildman–Crippen LogP) is 11.1. The predicted molar refractivity (Wildman–Crippen MR) is 167 cm³/mol. The fraction of sp³-hybridized carbons (Fsp3) is 0. The van der Waals surface area contributed by atoms with Crippen molar-refractivity contribution in [1.82, 2.24) is 0 Å². The molecule has 2 heterocycles. The van der Waals surface area contributed by atoms with Crippen molar-refractivity contribution < 1.29 is 8.83 Å². The summed E-state index contributed by atoms with van der Waals surface area (Å²) < 4.78 is 13.1. The van der Waals surface area contributed by atoms with Crippen molar-refractivity contribution in [2.75, 3.05) is 0 Å². The zero-order chi connectivity index (χ0) is 26.2. The van der Waals surface area contributed by atoms with Crippen LogP contribution in [0.2, 0.25) is 0 Å². The minimum atomic E-state index is 0.909. The summed E-state index contributed by atoms with van der Waals surface area (Å²) in [5.41, 5.74) is 8.26. The third kappa shape index (κ3) is 2.88. The summed E-state index contributed by atoms with van der Waals surface area (Å²) in [4.78, 5) is 0. The maximum absolute atomic E-state index is 6.53. The molecule has 0 bridgehead atoms. The van der Waals surface area contributed by atoms with E-state index in [0.29, 0.717) is 0 Å². The molecule has 7 aromatic carbocycles.